The van der Waals surface area contributed by atoms with Crippen LogP contribution in [0.2, 0.25) is 0 Å². The molecule has 51 heavy (non-hydrogen) atoms. The quantitative estimate of drug-likeness (QED) is 0.164. The van der Waals surface area contributed by atoms with Gasteiger partial charge in [0.2, 0.25) is 0 Å². The van der Waals surface area contributed by atoms with Gasteiger partial charge in [-0.3, -0.25) is 14.9 Å². The molecule has 1 unspecified atom stereocenters. The lowest BCUT2D eigenvalue weighted by Crippen LogP contribution is -2.43. The van der Waals surface area contributed by atoms with Crippen molar-refractivity contribution in [2.45, 2.75) is 38.9 Å². The van der Waals surface area contributed by atoms with Gasteiger partial charge in [0, 0.05) is 87.1 Å². The topological polar surface area (TPSA) is 149 Å². The Bertz CT molecular complexity index is 1720. The number of piperidine rings is 1. The fraction of sp³-hybridized carbons (Fsp3) is 0.457. The van der Waals surface area contributed by atoms with E-state index in [1.807, 2.05) is 0 Å². The summed E-state index contributed by atoms with van der Waals surface area (Å²) < 4.78 is 46.5. The van der Waals surface area contributed by atoms with Gasteiger partial charge >= 0.3 is 12.1 Å². The average molecular weight is 729 g/mol. The van der Waals surface area contributed by atoms with Crippen molar-refractivity contribution in [1.29, 1.82) is 0 Å². The molecule has 0 amide bonds. The maximum atomic E-state index is 13.8. The van der Waals surface area contributed by atoms with E-state index in [9.17, 15) is 23.1 Å². The highest BCUT2D eigenvalue weighted by atomic mass is 32.1. The van der Waals surface area contributed by atoms with E-state index in [0.717, 1.165) is 68.0 Å². The van der Waals surface area contributed by atoms with Crippen LogP contribution in [0, 0.1) is 5.41 Å². The summed E-state index contributed by atoms with van der Waals surface area (Å²) in [6.07, 6.45) is 4.45. The lowest BCUT2D eigenvalue weighted by atomic mass is 9.83. The van der Waals surface area contributed by atoms with Gasteiger partial charge in [0.1, 0.15) is 11.6 Å². The molecule has 12 nitrogen and oxygen atoms in total. The van der Waals surface area contributed by atoms with Crippen molar-refractivity contribution in [3.05, 3.63) is 76.8 Å². The highest BCUT2D eigenvalue weighted by Gasteiger charge is 2.35. The van der Waals surface area contributed by atoms with Gasteiger partial charge in [-0.05, 0) is 49.7 Å². The Kier molecular flexibility index (Phi) is 12.8. The van der Waals surface area contributed by atoms with E-state index in [-0.39, 0.29) is 23.3 Å². The predicted octanol–water partition coefficient (Wildman–Crippen LogP) is 5.07. The molecule has 0 bridgehead atoms. The van der Waals surface area contributed by atoms with Gasteiger partial charge in [-0.25, -0.2) is 14.8 Å². The maximum absolute atomic E-state index is 13.8. The number of hydrogen-bond donors (Lipinski definition) is 4. The summed E-state index contributed by atoms with van der Waals surface area (Å²) >= 11 is 1.45. The molecule has 16 heteroatoms. The third-order valence-electron chi connectivity index (χ3n) is 8.80. The summed E-state index contributed by atoms with van der Waals surface area (Å²) in [6.45, 7) is 8.48. The van der Waals surface area contributed by atoms with Gasteiger partial charge in [-0.1, -0.05) is 6.92 Å². The van der Waals surface area contributed by atoms with E-state index in [4.69, 9.17) is 14.8 Å². The van der Waals surface area contributed by atoms with E-state index >= 15 is 0 Å². The molecule has 5 heterocycles. The number of thiazole rings is 1. The average Bonchev–Trinajstić information content (AvgIpc) is 3.54. The van der Waals surface area contributed by atoms with E-state index in [2.05, 4.69) is 42.3 Å². The maximum Gasteiger partial charge on any atom is 0.419 e. The number of aromatic carboxylic acids is 1. The van der Waals surface area contributed by atoms with Crippen molar-refractivity contribution in [2.24, 2.45) is 5.41 Å². The van der Waals surface area contributed by atoms with Crippen molar-refractivity contribution in [3.63, 3.8) is 0 Å². The number of nitrogens with one attached hydrogen (secondary N) is 2. The van der Waals surface area contributed by atoms with Gasteiger partial charge in [0.15, 0.2) is 5.13 Å². The number of carboxylic acid groups (broad SMARTS) is 1. The van der Waals surface area contributed by atoms with Crippen LogP contribution < -0.4 is 20.3 Å². The third kappa shape index (κ3) is 10.3. The second-order valence-corrected chi connectivity index (χ2v) is 13.9. The largest absolute Gasteiger partial charge is 0.496 e. The zero-order valence-corrected chi connectivity index (χ0v) is 29.4. The molecule has 0 spiro atoms. The molecule has 6 rings (SSSR count). The second-order valence-electron chi connectivity index (χ2n) is 12.8. The number of methoxy groups -OCH3 is 1. The highest BCUT2D eigenvalue weighted by molar-refractivity contribution is 7.16. The molecule has 4 aromatic rings. The third-order valence-corrected chi connectivity index (χ3v) is 9.80. The number of nitrogens with zero attached hydrogens (tertiary/aromatic N) is 6. The van der Waals surface area contributed by atoms with Crippen LogP contribution in [0.1, 0.15) is 46.3 Å². The van der Waals surface area contributed by atoms with Crippen molar-refractivity contribution in [1.82, 2.24) is 30.2 Å². The van der Waals surface area contributed by atoms with E-state index in [1.54, 1.807) is 18.5 Å². The number of aliphatic hydroxyl groups excluding tert-OH is 1. The van der Waals surface area contributed by atoms with E-state index in [0.29, 0.717) is 42.4 Å². The fourth-order valence-electron chi connectivity index (χ4n) is 6.06. The molecule has 1 aromatic carbocycles. The van der Waals surface area contributed by atoms with Crippen molar-refractivity contribution in [2.75, 3.05) is 69.7 Å². The van der Waals surface area contributed by atoms with Crippen LogP contribution >= 0.6 is 11.3 Å². The predicted molar refractivity (Wildman–Crippen MR) is 189 cm³/mol. The van der Waals surface area contributed by atoms with Gasteiger partial charge in [0.05, 0.1) is 42.0 Å². The summed E-state index contributed by atoms with van der Waals surface area (Å²) in [5.74, 6) is -0.271. The molecule has 2 saturated heterocycles. The standard InChI is InChI=1S/C29H38F3N7O2S.C6H5NO2/c1-28(19-40)7-3-11-38(18-28)17-24-26(20-4-5-23(41-2)22(14-20)29(30,31)32)37-27(42-24)34-8-6-21-15-36-25(16-35-21)39-12-9-33-10-13-39;8-6(9)5-1-3-7-4-2-5/h4-5,14-16,33,40H,3,6-13,17-19H2,1-2H3,(H,34,37);1-4H,(H,8,9). The molecule has 0 aliphatic carbocycles. The first kappa shape index (κ1) is 37.9. The van der Waals surface area contributed by atoms with Gasteiger partial charge < -0.3 is 30.5 Å². The van der Waals surface area contributed by atoms with Crippen LogP contribution in [0.25, 0.3) is 11.3 Å². The molecule has 2 fully saturated rings. The molecule has 274 valence electrons. The number of anilines is 2. The number of aliphatic hydroxyl groups is 1. The Morgan fingerprint density at radius 2 is 1.88 bits per heavy atom. The Morgan fingerprint density at radius 1 is 1.12 bits per heavy atom. The number of aromatic nitrogens is 4. The van der Waals surface area contributed by atoms with Gasteiger partial charge in [-0.15, -0.1) is 11.3 Å². The summed E-state index contributed by atoms with van der Waals surface area (Å²) in [5.41, 5.74) is 0.996. The van der Waals surface area contributed by atoms with E-state index in [1.165, 1.54) is 49.0 Å². The minimum Gasteiger partial charge on any atom is -0.496 e. The van der Waals surface area contributed by atoms with Crippen LogP contribution in [0.4, 0.5) is 24.1 Å². The Labute approximate surface area is 298 Å². The molecule has 4 N–H and O–H groups in total. The van der Waals surface area contributed by atoms with Crippen molar-refractivity contribution >= 4 is 28.3 Å². The monoisotopic (exact) mass is 728 g/mol. The zero-order chi connectivity index (χ0) is 36.4. The SMILES string of the molecule is COc1ccc(-c2nc(NCCc3cnc(N4CCNCC4)cn3)sc2CN2CCCC(C)(CO)C2)cc1C(F)(F)F.O=C(O)c1ccncc1. The summed E-state index contributed by atoms with van der Waals surface area (Å²) in [4.78, 5) is 33.1. The number of carbonyl (C=O) groups is 1. The highest BCUT2D eigenvalue weighted by Crippen LogP contribution is 2.41. The number of benzene rings is 1. The number of carboxylic acids is 1. The molecule has 0 saturated carbocycles. The number of pyridine rings is 1. The van der Waals surface area contributed by atoms with Crippen molar-refractivity contribution in [3.8, 4) is 17.0 Å². The number of halogens is 3. The van der Waals surface area contributed by atoms with Crippen LogP contribution in [0.15, 0.2) is 55.1 Å². The first-order valence-electron chi connectivity index (χ1n) is 16.7. The molecule has 1 atom stereocenters. The minimum absolute atomic E-state index is 0.0956. The summed E-state index contributed by atoms with van der Waals surface area (Å²) in [5, 5.41) is 25.6. The fourth-order valence-corrected chi connectivity index (χ4v) is 7.11. The van der Waals surface area contributed by atoms with Gasteiger partial charge in [0.25, 0.3) is 0 Å². The number of hydrogen-bond acceptors (Lipinski definition) is 12. The Morgan fingerprint density at radius 3 is 2.51 bits per heavy atom. The van der Waals surface area contributed by atoms with Crippen LogP contribution in [0.3, 0.4) is 0 Å². The van der Waals surface area contributed by atoms with Crippen LogP contribution in [-0.4, -0.2) is 101 Å². The molecule has 0 radical (unpaired) electrons. The molecule has 2 aliphatic rings. The molecule has 2 aliphatic heterocycles. The van der Waals surface area contributed by atoms with Crippen molar-refractivity contribution < 1.29 is 32.9 Å². The molecular formula is C35H43F3N8O4S. The van der Waals surface area contributed by atoms with Crippen LogP contribution in [0.5, 0.6) is 5.75 Å². The molecular weight excluding hydrogens is 685 g/mol. The smallest absolute Gasteiger partial charge is 0.419 e. The number of rotatable bonds is 11. The first-order chi connectivity index (χ1) is 24.5. The Balaban J connectivity index is 0.000000488. The second kappa shape index (κ2) is 17.2. The number of likely N-dealkylation sites (tertiary alicyclic amines) is 1. The minimum atomic E-state index is -4.56. The molecule has 3 aromatic heterocycles. The Hall–Kier alpha value is -4.38. The summed E-state index contributed by atoms with van der Waals surface area (Å²) in [6, 6.07) is 6.98. The number of alkyl halides is 3. The first-order valence-corrected chi connectivity index (χ1v) is 17.5. The van der Waals surface area contributed by atoms with Gasteiger partial charge in [-0.2, -0.15) is 13.2 Å². The number of ether oxygens (including phenoxy) is 1. The number of piperazine rings is 1. The normalized spacial score (nSPS) is 18.1. The van der Waals surface area contributed by atoms with Crippen LogP contribution in [-0.2, 0) is 19.1 Å². The lowest BCUT2D eigenvalue weighted by Gasteiger charge is -2.39. The lowest BCUT2D eigenvalue weighted by molar-refractivity contribution is -0.138. The summed E-state index contributed by atoms with van der Waals surface area (Å²) in [7, 11) is 1.23. The zero-order valence-electron chi connectivity index (χ0n) is 28.6. The van der Waals surface area contributed by atoms with E-state index < -0.39 is 17.7 Å².